The van der Waals surface area contributed by atoms with Crippen LogP contribution in [0.25, 0.3) is 11.1 Å². The zero-order chi connectivity index (χ0) is 16.9. The van der Waals surface area contributed by atoms with Crippen LogP contribution in [0.4, 0.5) is 0 Å². The summed E-state index contributed by atoms with van der Waals surface area (Å²) in [6.07, 6.45) is 2.91. The van der Waals surface area contributed by atoms with E-state index in [1.807, 2.05) is 13.0 Å². The summed E-state index contributed by atoms with van der Waals surface area (Å²) >= 11 is 0. The van der Waals surface area contributed by atoms with Crippen molar-refractivity contribution >= 4 is 17.0 Å². The van der Waals surface area contributed by atoms with E-state index in [1.165, 1.54) is 0 Å². The standard InChI is InChI=1S/C17H24N4O3/c1-11-9-13(16(22)19-7-4-8-23-2)14-15(21-24-17(14)20-11)12-5-3-6-18-10-12/h9,12,18H,3-8,10H2,1-2H3,(H,19,22). The third-order valence-corrected chi connectivity index (χ3v) is 4.34. The van der Waals surface area contributed by atoms with Crippen molar-refractivity contribution < 1.29 is 14.1 Å². The number of nitrogens with one attached hydrogen (secondary N) is 2. The van der Waals surface area contributed by atoms with E-state index in [2.05, 4.69) is 20.8 Å². The largest absolute Gasteiger partial charge is 0.385 e. The van der Waals surface area contributed by atoms with E-state index in [-0.39, 0.29) is 11.8 Å². The number of ether oxygens (including phenoxy) is 1. The minimum absolute atomic E-state index is 0.116. The Bertz CT molecular complexity index is 707. The Morgan fingerprint density at radius 2 is 2.42 bits per heavy atom. The number of fused-ring (bicyclic) bond motifs is 1. The van der Waals surface area contributed by atoms with E-state index in [4.69, 9.17) is 9.26 Å². The number of hydrogen-bond donors (Lipinski definition) is 2. The number of aromatic nitrogens is 2. The van der Waals surface area contributed by atoms with Gasteiger partial charge in [0.15, 0.2) is 0 Å². The summed E-state index contributed by atoms with van der Waals surface area (Å²) in [7, 11) is 1.65. The topological polar surface area (TPSA) is 89.3 Å². The maximum absolute atomic E-state index is 12.6. The lowest BCUT2D eigenvalue weighted by molar-refractivity contribution is 0.0950. The van der Waals surface area contributed by atoms with Crippen molar-refractivity contribution in [2.45, 2.75) is 32.1 Å². The van der Waals surface area contributed by atoms with Gasteiger partial charge in [0, 0.05) is 38.4 Å². The van der Waals surface area contributed by atoms with Crippen LogP contribution in [0, 0.1) is 6.92 Å². The Hall–Kier alpha value is -1.99. The number of aryl methyl sites for hydroxylation is 1. The van der Waals surface area contributed by atoms with Crippen LogP contribution < -0.4 is 10.6 Å². The predicted octanol–water partition coefficient (Wildman–Crippen LogP) is 1.76. The van der Waals surface area contributed by atoms with Crippen molar-refractivity contribution in [1.29, 1.82) is 0 Å². The minimum Gasteiger partial charge on any atom is -0.385 e. The van der Waals surface area contributed by atoms with Crippen molar-refractivity contribution in [2.75, 3.05) is 33.4 Å². The smallest absolute Gasteiger partial charge is 0.259 e. The molecule has 7 nitrogen and oxygen atoms in total. The van der Waals surface area contributed by atoms with E-state index in [0.29, 0.717) is 24.4 Å². The molecule has 2 aromatic heterocycles. The van der Waals surface area contributed by atoms with Crippen molar-refractivity contribution in [2.24, 2.45) is 0 Å². The first-order valence-corrected chi connectivity index (χ1v) is 8.45. The molecule has 1 atom stereocenters. The Balaban J connectivity index is 1.90. The van der Waals surface area contributed by atoms with Crippen molar-refractivity contribution in [1.82, 2.24) is 20.8 Å². The SMILES string of the molecule is COCCCNC(=O)c1cc(C)nc2onc(C3CCCNC3)c12. The predicted molar refractivity (Wildman–Crippen MR) is 90.2 cm³/mol. The zero-order valence-corrected chi connectivity index (χ0v) is 14.2. The summed E-state index contributed by atoms with van der Waals surface area (Å²) in [6.45, 7) is 4.92. The van der Waals surface area contributed by atoms with Gasteiger partial charge < -0.3 is 19.9 Å². The van der Waals surface area contributed by atoms with Gasteiger partial charge in [-0.3, -0.25) is 4.79 Å². The molecule has 0 aliphatic carbocycles. The lowest BCUT2D eigenvalue weighted by Gasteiger charge is -2.21. The van der Waals surface area contributed by atoms with Gasteiger partial charge in [0.2, 0.25) is 0 Å². The van der Waals surface area contributed by atoms with Gasteiger partial charge >= 0.3 is 0 Å². The van der Waals surface area contributed by atoms with Gasteiger partial charge in [-0.25, -0.2) is 4.98 Å². The third kappa shape index (κ3) is 3.57. The summed E-state index contributed by atoms with van der Waals surface area (Å²) in [5.41, 5.74) is 2.62. The maximum Gasteiger partial charge on any atom is 0.259 e. The summed E-state index contributed by atoms with van der Waals surface area (Å²) in [5, 5.41) is 11.3. The average molecular weight is 332 g/mol. The second-order valence-electron chi connectivity index (χ2n) is 6.20. The molecule has 0 aromatic carbocycles. The quantitative estimate of drug-likeness (QED) is 0.784. The molecule has 0 radical (unpaired) electrons. The molecule has 7 heteroatoms. The fourth-order valence-electron chi connectivity index (χ4n) is 3.15. The normalized spacial score (nSPS) is 18.0. The van der Waals surface area contributed by atoms with Crippen LogP contribution >= 0.6 is 0 Å². The fraction of sp³-hybridized carbons (Fsp3) is 0.588. The molecule has 1 aliphatic rings. The molecule has 3 rings (SSSR count). The number of methoxy groups -OCH3 is 1. The van der Waals surface area contributed by atoms with Crippen LogP contribution in [-0.4, -0.2) is 49.4 Å². The summed E-state index contributed by atoms with van der Waals surface area (Å²) in [5.74, 6) is 0.138. The monoisotopic (exact) mass is 332 g/mol. The number of hydrogen-bond acceptors (Lipinski definition) is 6. The van der Waals surface area contributed by atoms with Gasteiger partial charge in [-0.2, -0.15) is 0 Å². The molecule has 0 spiro atoms. The molecule has 0 saturated carbocycles. The van der Waals surface area contributed by atoms with E-state index in [0.717, 1.165) is 49.1 Å². The van der Waals surface area contributed by atoms with Crippen LogP contribution in [0.2, 0.25) is 0 Å². The molecular formula is C17H24N4O3. The van der Waals surface area contributed by atoms with Crippen LogP contribution in [0.15, 0.2) is 10.6 Å². The van der Waals surface area contributed by atoms with Crippen LogP contribution in [0.5, 0.6) is 0 Å². The zero-order valence-electron chi connectivity index (χ0n) is 14.2. The number of piperidine rings is 1. The van der Waals surface area contributed by atoms with Gasteiger partial charge in [0.1, 0.15) is 0 Å². The number of pyridine rings is 1. The van der Waals surface area contributed by atoms with Crippen LogP contribution in [0.3, 0.4) is 0 Å². The van der Waals surface area contributed by atoms with E-state index in [1.54, 1.807) is 7.11 Å². The first-order chi connectivity index (χ1) is 11.7. The highest BCUT2D eigenvalue weighted by molar-refractivity contribution is 6.06. The molecule has 1 unspecified atom stereocenters. The second kappa shape index (κ2) is 7.72. The molecule has 130 valence electrons. The van der Waals surface area contributed by atoms with Crippen molar-refractivity contribution in [3.05, 3.63) is 23.0 Å². The molecule has 3 heterocycles. The lowest BCUT2D eigenvalue weighted by Crippen LogP contribution is -2.29. The third-order valence-electron chi connectivity index (χ3n) is 4.34. The molecule has 1 aliphatic heterocycles. The first-order valence-electron chi connectivity index (χ1n) is 8.45. The minimum atomic E-state index is -0.116. The van der Waals surface area contributed by atoms with Gasteiger partial charge in [0.05, 0.1) is 16.6 Å². The Morgan fingerprint density at radius 3 is 3.17 bits per heavy atom. The van der Waals surface area contributed by atoms with Crippen molar-refractivity contribution in [3.63, 3.8) is 0 Å². The van der Waals surface area contributed by atoms with Gasteiger partial charge in [0.25, 0.3) is 11.6 Å². The van der Waals surface area contributed by atoms with E-state index < -0.39 is 0 Å². The van der Waals surface area contributed by atoms with Gasteiger partial charge in [-0.15, -0.1) is 0 Å². The summed E-state index contributed by atoms with van der Waals surface area (Å²) < 4.78 is 10.4. The number of carbonyl (C=O) groups is 1. The highest BCUT2D eigenvalue weighted by Gasteiger charge is 2.26. The molecule has 0 bridgehead atoms. The molecular weight excluding hydrogens is 308 g/mol. The lowest BCUT2D eigenvalue weighted by atomic mass is 9.93. The van der Waals surface area contributed by atoms with Crippen molar-refractivity contribution in [3.8, 4) is 0 Å². The highest BCUT2D eigenvalue weighted by atomic mass is 16.5. The van der Waals surface area contributed by atoms with Crippen LogP contribution in [-0.2, 0) is 4.74 Å². The molecule has 1 fully saturated rings. The summed E-state index contributed by atoms with van der Waals surface area (Å²) in [6, 6.07) is 1.81. The molecule has 1 saturated heterocycles. The Labute approximate surface area is 141 Å². The van der Waals surface area contributed by atoms with E-state index >= 15 is 0 Å². The van der Waals surface area contributed by atoms with E-state index in [9.17, 15) is 4.79 Å². The number of amides is 1. The van der Waals surface area contributed by atoms with Gasteiger partial charge in [-0.1, -0.05) is 5.16 Å². The Kier molecular flexibility index (Phi) is 5.42. The number of rotatable bonds is 6. The first kappa shape index (κ1) is 16.9. The maximum atomic E-state index is 12.6. The molecule has 1 amide bonds. The number of carbonyl (C=O) groups excluding carboxylic acids is 1. The average Bonchev–Trinajstić information content (AvgIpc) is 3.02. The molecule has 2 N–H and O–H groups in total. The highest BCUT2D eigenvalue weighted by Crippen LogP contribution is 2.31. The number of nitrogens with zero attached hydrogens (tertiary/aromatic N) is 2. The summed E-state index contributed by atoms with van der Waals surface area (Å²) in [4.78, 5) is 17.0. The fourth-order valence-corrected chi connectivity index (χ4v) is 3.15. The molecule has 24 heavy (non-hydrogen) atoms. The Morgan fingerprint density at radius 1 is 1.54 bits per heavy atom. The second-order valence-corrected chi connectivity index (χ2v) is 6.20. The van der Waals surface area contributed by atoms with Crippen LogP contribution in [0.1, 0.15) is 46.9 Å². The van der Waals surface area contributed by atoms with Gasteiger partial charge in [-0.05, 0) is 38.8 Å². The molecule has 2 aromatic rings.